The Morgan fingerprint density at radius 2 is 1.89 bits per heavy atom. The van der Waals surface area contributed by atoms with Crippen LogP contribution in [0.15, 0.2) is 30.3 Å². The van der Waals surface area contributed by atoms with Crippen LogP contribution in [0.3, 0.4) is 0 Å². The first-order chi connectivity index (χ1) is 13.5. The van der Waals surface area contributed by atoms with Gasteiger partial charge in [0, 0.05) is 11.7 Å². The number of ether oxygens (including phenoxy) is 1. The van der Waals surface area contributed by atoms with Crippen LogP contribution in [0.1, 0.15) is 48.3 Å². The third-order valence-corrected chi connectivity index (χ3v) is 6.03. The van der Waals surface area contributed by atoms with Crippen molar-refractivity contribution in [2.75, 3.05) is 7.11 Å². The summed E-state index contributed by atoms with van der Waals surface area (Å²) < 4.78 is 6.89. The molecule has 1 saturated heterocycles. The summed E-state index contributed by atoms with van der Waals surface area (Å²) in [6.45, 7) is 1.89. The van der Waals surface area contributed by atoms with Gasteiger partial charge in [0.1, 0.15) is 11.8 Å². The summed E-state index contributed by atoms with van der Waals surface area (Å²) in [6.07, 6.45) is 4.57. The molecule has 148 valence electrons. The van der Waals surface area contributed by atoms with E-state index in [9.17, 15) is 14.7 Å². The Hall–Kier alpha value is -2.83. The van der Waals surface area contributed by atoms with E-state index in [1.165, 1.54) is 0 Å². The minimum atomic E-state index is -0.922. The Balaban J connectivity index is 1.64. The fourth-order valence-electron chi connectivity index (χ4n) is 4.67. The molecule has 2 aliphatic rings. The van der Waals surface area contributed by atoms with Crippen LogP contribution in [0.5, 0.6) is 5.75 Å². The number of carboxylic acid groups (broad SMARTS) is 1. The van der Waals surface area contributed by atoms with E-state index in [-0.39, 0.29) is 17.9 Å². The van der Waals surface area contributed by atoms with Gasteiger partial charge in [-0.05, 0) is 62.4 Å². The molecule has 0 spiro atoms. The third kappa shape index (κ3) is 3.15. The van der Waals surface area contributed by atoms with E-state index in [1.54, 1.807) is 22.8 Å². The van der Waals surface area contributed by atoms with E-state index in [0.29, 0.717) is 12.1 Å². The molecule has 2 fully saturated rings. The quantitative estimate of drug-likeness (QED) is 0.877. The van der Waals surface area contributed by atoms with E-state index in [0.717, 1.165) is 42.8 Å². The molecule has 4 rings (SSSR count). The number of aromatic nitrogens is 2. The number of carbonyl (C=O) groups excluding carboxylic acids is 1. The highest BCUT2D eigenvalue weighted by atomic mass is 16.5. The van der Waals surface area contributed by atoms with Gasteiger partial charge in [0.2, 0.25) is 0 Å². The number of hydrogen-bond acceptors (Lipinski definition) is 4. The Labute approximate surface area is 163 Å². The molecular weight excluding hydrogens is 358 g/mol. The highest BCUT2D eigenvalue weighted by Gasteiger charge is 2.48. The molecule has 1 saturated carbocycles. The topological polar surface area (TPSA) is 84.7 Å². The van der Waals surface area contributed by atoms with Gasteiger partial charge in [-0.15, -0.1) is 0 Å². The van der Waals surface area contributed by atoms with Crippen molar-refractivity contribution in [1.29, 1.82) is 0 Å². The molecule has 1 aromatic heterocycles. The minimum absolute atomic E-state index is 0.00814. The highest BCUT2D eigenvalue weighted by molar-refractivity contribution is 5.96. The summed E-state index contributed by atoms with van der Waals surface area (Å²) in [5.41, 5.74) is 1.94. The molecule has 7 nitrogen and oxygen atoms in total. The maximum absolute atomic E-state index is 13.3. The normalized spacial score (nSPS) is 24.1. The van der Waals surface area contributed by atoms with Crippen molar-refractivity contribution < 1.29 is 19.4 Å². The summed E-state index contributed by atoms with van der Waals surface area (Å²) in [6, 6.07) is 8.42. The molecule has 2 heterocycles. The van der Waals surface area contributed by atoms with E-state index in [2.05, 4.69) is 5.10 Å². The lowest BCUT2D eigenvalue weighted by Gasteiger charge is -2.32. The SMILES string of the molecule is COc1ccc(-n2nc(C(=O)N3C(C(=O)O)CC4CCCCC43)cc2C)cc1. The second-order valence-corrected chi connectivity index (χ2v) is 7.69. The van der Waals surface area contributed by atoms with Crippen molar-refractivity contribution in [3.8, 4) is 11.4 Å². The molecule has 3 atom stereocenters. The first kappa shape index (κ1) is 18.5. The molecule has 2 aromatic rings. The standard InChI is InChI=1S/C21H25N3O4/c1-13-11-17(22-24(13)15-7-9-16(28-2)10-8-15)20(25)23-18-6-4-3-5-14(18)12-19(23)21(26)27/h7-11,14,18-19H,3-6,12H2,1-2H3,(H,26,27). The van der Waals surface area contributed by atoms with Crippen LogP contribution < -0.4 is 4.74 Å². The second-order valence-electron chi connectivity index (χ2n) is 7.69. The number of amides is 1. The van der Waals surface area contributed by atoms with E-state index in [1.807, 2.05) is 31.2 Å². The van der Waals surface area contributed by atoms with Crippen LogP contribution in [0.2, 0.25) is 0 Å². The molecule has 0 radical (unpaired) electrons. The smallest absolute Gasteiger partial charge is 0.326 e. The van der Waals surface area contributed by atoms with Crippen LogP contribution in [-0.2, 0) is 4.79 Å². The monoisotopic (exact) mass is 383 g/mol. The third-order valence-electron chi connectivity index (χ3n) is 6.03. The number of aryl methyl sites for hydroxylation is 1. The van der Waals surface area contributed by atoms with Crippen LogP contribution in [0.25, 0.3) is 5.69 Å². The molecule has 3 unspecified atom stereocenters. The predicted molar refractivity (Wildman–Crippen MR) is 103 cm³/mol. The molecule has 1 aliphatic heterocycles. The van der Waals surface area contributed by atoms with Crippen LogP contribution in [-0.4, -0.2) is 50.9 Å². The van der Waals surface area contributed by atoms with E-state index >= 15 is 0 Å². The largest absolute Gasteiger partial charge is 0.497 e. The molecule has 1 N–H and O–H groups in total. The molecular formula is C21H25N3O4. The Morgan fingerprint density at radius 1 is 1.18 bits per heavy atom. The average Bonchev–Trinajstić information content (AvgIpc) is 3.28. The molecule has 7 heteroatoms. The summed E-state index contributed by atoms with van der Waals surface area (Å²) in [5, 5.41) is 14.2. The van der Waals surface area contributed by atoms with Crippen molar-refractivity contribution in [3.05, 3.63) is 41.7 Å². The number of methoxy groups -OCH3 is 1. The minimum Gasteiger partial charge on any atom is -0.497 e. The van der Waals surface area contributed by atoms with Gasteiger partial charge >= 0.3 is 5.97 Å². The highest BCUT2D eigenvalue weighted by Crippen LogP contribution is 2.40. The van der Waals surface area contributed by atoms with Gasteiger partial charge in [-0.3, -0.25) is 4.79 Å². The lowest BCUT2D eigenvalue weighted by Crippen LogP contribution is -2.46. The number of nitrogens with zero attached hydrogens (tertiary/aromatic N) is 3. The lowest BCUT2D eigenvalue weighted by atomic mass is 9.84. The summed E-state index contributed by atoms with van der Waals surface area (Å²) >= 11 is 0. The van der Waals surface area contributed by atoms with Gasteiger partial charge in [0.25, 0.3) is 5.91 Å². The van der Waals surface area contributed by atoms with Gasteiger partial charge in [0.05, 0.1) is 12.8 Å². The average molecular weight is 383 g/mol. The maximum Gasteiger partial charge on any atom is 0.326 e. The summed E-state index contributed by atoms with van der Waals surface area (Å²) in [4.78, 5) is 26.7. The number of carboxylic acids is 1. The van der Waals surface area contributed by atoms with Gasteiger partial charge in [-0.1, -0.05) is 12.8 Å². The maximum atomic E-state index is 13.3. The lowest BCUT2D eigenvalue weighted by molar-refractivity contribution is -0.141. The van der Waals surface area contributed by atoms with Crippen molar-refractivity contribution >= 4 is 11.9 Å². The van der Waals surface area contributed by atoms with Crippen LogP contribution in [0, 0.1) is 12.8 Å². The number of fused-ring (bicyclic) bond motifs is 1. The molecule has 1 aliphatic carbocycles. The van der Waals surface area contributed by atoms with E-state index < -0.39 is 12.0 Å². The van der Waals surface area contributed by atoms with Gasteiger partial charge in [-0.2, -0.15) is 5.10 Å². The van der Waals surface area contributed by atoms with Crippen molar-refractivity contribution in [2.45, 2.75) is 51.1 Å². The fraction of sp³-hybridized carbons (Fsp3) is 0.476. The Bertz CT molecular complexity index is 890. The number of hydrogen-bond donors (Lipinski definition) is 1. The second kappa shape index (κ2) is 7.30. The van der Waals surface area contributed by atoms with Gasteiger partial charge in [-0.25, -0.2) is 9.48 Å². The summed E-state index contributed by atoms with van der Waals surface area (Å²) in [7, 11) is 1.61. The zero-order chi connectivity index (χ0) is 19.8. The van der Waals surface area contributed by atoms with Crippen molar-refractivity contribution in [3.63, 3.8) is 0 Å². The van der Waals surface area contributed by atoms with Gasteiger partial charge < -0.3 is 14.7 Å². The number of benzene rings is 1. The van der Waals surface area contributed by atoms with E-state index in [4.69, 9.17) is 4.74 Å². The predicted octanol–water partition coefficient (Wildman–Crippen LogP) is 3.05. The Kier molecular flexibility index (Phi) is 4.83. The van der Waals surface area contributed by atoms with Gasteiger partial charge in [0.15, 0.2) is 5.69 Å². The summed E-state index contributed by atoms with van der Waals surface area (Å²) in [5.74, 6) is -0.177. The fourth-order valence-corrected chi connectivity index (χ4v) is 4.67. The zero-order valence-electron chi connectivity index (χ0n) is 16.2. The van der Waals surface area contributed by atoms with Crippen LogP contribution >= 0.6 is 0 Å². The number of rotatable bonds is 4. The van der Waals surface area contributed by atoms with Crippen molar-refractivity contribution in [2.24, 2.45) is 5.92 Å². The van der Waals surface area contributed by atoms with Crippen LogP contribution in [0.4, 0.5) is 0 Å². The number of carbonyl (C=O) groups is 2. The number of likely N-dealkylation sites (tertiary alicyclic amines) is 1. The molecule has 1 aromatic carbocycles. The molecule has 28 heavy (non-hydrogen) atoms. The zero-order valence-corrected chi connectivity index (χ0v) is 16.2. The Morgan fingerprint density at radius 3 is 2.57 bits per heavy atom. The molecule has 1 amide bonds. The van der Waals surface area contributed by atoms with Crippen molar-refractivity contribution in [1.82, 2.24) is 14.7 Å². The first-order valence-corrected chi connectivity index (χ1v) is 9.76. The first-order valence-electron chi connectivity index (χ1n) is 9.76. The number of aliphatic carboxylic acids is 1. The molecule has 0 bridgehead atoms.